The third kappa shape index (κ3) is 2.51. The third-order valence-corrected chi connectivity index (χ3v) is 2.93. The summed E-state index contributed by atoms with van der Waals surface area (Å²) < 4.78 is 0. The molecule has 7 nitrogen and oxygen atoms in total. The molecular weight excluding hydrogens is 254 g/mol. The van der Waals surface area contributed by atoms with Crippen LogP contribution in [0.1, 0.15) is 5.69 Å². The summed E-state index contributed by atoms with van der Waals surface area (Å²) in [7, 11) is 1.79. The van der Waals surface area contributed by atoms with Gasteiger partial charge in [-0.1, -0.05) is 6.07 Å². The van der Waals surface area contributed by atoms with Crippen molar-refractivity contribution in [2.45, 2.75) is 6.42 Å². The Morgan fingerprint density at radius 3 is 3.00 bits per heavy atom. The summed E-state index contributed by atoms with van der Waals surface area (Å²) in [5.74, 6) is 1.33. The highest BCUT2D eigenvalue weighted by Crippen LogP contribution is 2.19. The average molecular weight is 269 g/mol. The minimum Gasteiger partial charge on any atom is -0.369 e. The van der Waals surface area contributed by atoms with Crippen LogP contribution in [0.5, 0.6) is 0 Å². The molecular formula is C13H15N7. The smallest absolute Gasteiger partial charge is 0.226 e. The molecule has 0 saturated carbocycles. The molecule has 0 aliphatic carbocycles. The largest absolute Gasteiger partial charge is 0.369 e. The lowest BCUT2D eigenvalue weighted by Gasteiger charge is -2.07. The molecule has 3 rings (SSSR count). The van der Waals surface area contributed by atoms with Crippen LogP contribution in [-0.4, -0.2) is 38.7 Å². The van der Waals surface area contributed by atoms with Gasteiger partial charge in [-0.2, -0.15) is 15.1 Å². The number of aromatic amines is 1. The first-order valence-corrected chi connectivity index (χ1v) is 6.39. The van der Waals surface area contributed by atoms with Crippen molar-refractivity contribution in [3.63, 3.8) is 0 Å². The molecule has 0 saturated heterocycles. The monoisotopic (exact) mass is 269 g/mol. The Morgan fingerprint density at radius 1 is 1.25 bits per heavy atom. The van der Waals surface area contributed by atoms with Gasteiger partial charge in [0.2, 0.25) is 5.95 Å². The van der Waals surface area contributed by atoms with Crippen molar-refractivity contribution in [3.8, 4) is 0 Å². The van der Waals surface area contributed by atoms with Gasteiger partial charge in [-0.15, -0.1) is 0 Å². The van der Waals surface area contributed by atoms with Crippen LogP contribution in [-0.2, 0) is 6.42 Å². The Hall–Kier alpha value is -2.70. The quantitative estimate of drug-likeness (QED) is 0.649. The Bertz CT molecular complexity index is 692. The first kappa shape index (κ1) is 12.3. The van der Waals surface area contributed by atoms with E-state index in [0.29, 0.717) is 11.6 Å². The number of nitrogens with zero attached hydrogens (tertiary/aromatic N) is 4. The van der Waals surface area contributed by atoms with E-state index < -0.39 is 0 Å². The van der Waals surface area contributed by atoms with Gasteiger partial charge in [0, 0.05) is 31.9 Å². The van der Waals surface area contributed by atoms with Gasteiger partial charge >= 0.3 is 0 Å². The molecule has 3 N–H and O–H groups in total. The SMILES string of the molecule is CNc1nc(NCCc2ccccn2)c2cn[nH]c2n1. The average Bonchev–Trinajstić information content (AvgIpc) is 2.96. The molecule has 0 spiro atoms. The van der Waals surface area contributed by atoms with Gasteiger partial charge in [0.1, 0.15) is 5.82 Å². The summed E-state index contributed by atoms with van der Waals surface area (Å²) >= 11 is 0. The van der Waals surface area contributed by atoms with E-state index >= 15 is 0 Å². The number of fused-ring (bicyclic) bond motifs is 1. The van der Waals surface area contributed by atoms with Gasteiger partial charge in [-0.25, -0.2) is 0 Å². The third-order valence-electron chi connectivity index (χ3n) is 2.93. The van der Waals surface area contributed by atoms with Gasteiger partial charge < -0.3 is 10.6 Å². The molecule has 0 radical (unpaired) electrons. The van der Waals surface area contributed by atoms with Crippen LogP contribution in [0, 0.1) is 0 Å². The van der Waals surface area contributed by atoms with Crippen molar-refractivity contribution in [1.82, 2.24) is 25.1 Å². The Labute approximate surface area is 115 Å². The van der Waals surface area contributed by atoms with Gasteiger partial charge in [-0.05, 0) is 12.1 Å². The van der Waals surface area contributed by atoms with Crippen molar-refractivity contribution >= 4 is 22.8 Å². The first-order valence-electron chi connectivity index (χ1n) is 6.39. The number of hydrogen-bond donors (Lipinski definition) is 3. The molecule has 0 amide bonds. The van der Waals surface area contributed by atoms with Crippen molar-refractivity contribution < 1.29 is 0 Å². The van der Waals surface area contributed by atoms with Gasteiger partial charge in [0.15, 0.2) is 5.65 Å². The molecule has 0 aromatic carbocycles. The molecule has 3 heterocycles. The van der Waals surface area contributed by atoms with E-state index in [1.807, 2.05) is 18.2 Å². The maximum atomic E-state index is 4.41. The molecule has 0 unspecified atom stereocenters. The zero-order valence-electron chi connectivity index (χ0n) is 11.1. The summed E-state index contributed by atoms with van der Waals surface area (Å²) in [6.45, 7) is 0.747. The molecule has 0 aliphatic heterocycles. The van der Waals surface area contributed by atoms with E-state index in [2.05, 4.69) is 35.8 Å². The number of nitrogens with one attached hydrogen (secondary N) is 3. The highest BCUT2D eigenvalue weighted by Gasteiger charge is 2.08. The van der Waals surface area contributed by atoms with Crippen LogP contribution in [0.2, 0.25) is 0 Å². The summed E-state index contributed by atoms with van der Waals surface area (Å²) in [4.78, 5) is 13.0. The van der Waals surface area contributed by atoms with E-state index in [0.717, 1.165) is 29.9 Å². The van der Waals surface area contributed by atoms with Crippen molar-refractivity contribution in [1.29, 1.82) is 0 Å². The Kier molecular flexibility index (Phi) is 3.40. The van der Waals surface area contributed by atoms with Gasteiger partial charge in [0.05, 0.1) is 11.6 Å². The second-order valence-electron chi connectivity index (χ2n) is 4.28. The van der Waals surface area contributed by atoms with Crippen molar-refractivity contribution in [2.24, 2.45) is 0 Å². The van der Waals surface area contributed by atoms with Crippen LogP contribution in [0.15, 0.2) is 30.6 Å². The maximum absolute atomic E-state index is 4.41. The van der Waals surface area contributed by atoms with Crippen molar-refractivity contribution in [2.75, 3.05) is 24.2 Å². The fraction of sp³-hybridized carbons (Fsp3) is 0.231. The molecule has 0 aliphatic rings. The summed E-state index contributed by atoms with van der Waals surface area (Å²) in [5, 5.41) is 14.0. The maximum Gasteiger partial charge on any atom is 0.226 e. The minimum absolute atomic E-state index is 0.557. The van der Waals surface area contributed by atoms with Crippen molar-refractivity contribution in [3.05, 3.63) is 36.3 Å². The summed E-state index contributed by atoms with van der Waals surface area (Å²) in [6.07, 6.45) is 4.35. The lowest BCUT2D eigenvalue weighted by atomic mass is 10.2. The second kappa shape index (κ2) is 5.52. The lowest BCUT2D eigenvalue weighted by molar-refractivity contribution is 0.954. The van der Waals surface area contributed by atoms with Gasteiger partial charge in [0.25, 0.3) is 0 Å². The minimum atomic E-state index is 0.557. The number of rotatable bonds is 5. The van der Waals surface area contributed by atoms with E-state index in [9.17, 15) is 0 Å². The molecule has 3 aromatic rings. The van der Waals surface area contributed by atoms with E-state index in [1.165, 1.54) is 0 Å². The number of anilines is 2. The molecule has 7 heteroatoms. The predicted octanol–water partition coefficient (Wildman–Crippen LogP) is 1.44. The van der Waals surface area contributed by atoms with E-state index in [-0.39, 0.29) is 0 Å². The number of aromatic nitrogens is 5. The van der Waals surface area contributed by atoms with Gasteiger partial charge in [-0.3, -0.25) is 10.1 Å². The van der Waals surface area contributed by atoms with Crippen LogP contribution < -0.4 is 10.6 Å². The standard InChI is InChI=1S/C13H15N7/c1-14-13-18-11(10-8-17-20-12(10)19-13)16-7-5-9-4-2-3-6-15-9/h2-4,6,8H,5,7H2,1H3,(H3,14,16,17,18,19,20). The van der Waals surface area contributed by atoms with Crippen LogP contribution in [0.3, 0.4) is 0 Å². The molecule has 0 fully saturated rings. The lowest BCUT2D eigenvalue weighted by Crippen LogP contribution is -2.09. The topological polar surface area (TPSA) is 91.4 Å². The normalized spacial score (nSPS) is 10.7. The molecule has 3 aromatic heterocycles. The van der Waals surface area contributed by atoms with E-state index in [1.54, 1.807) is 19.4 Å². The molecule has 20 heavy (non-hydrogen) atoms. The first-order chi connectivity index (χ1) is 9.86. The highest BCUT2D eigenvalue weighted by molar-refractivity contribution is 5.86. The highest BCUT2D eigenvalue weighted by atomic mass is 15.2. The number of pyridine rings is 1. The molecule has 102 valence electrons. The summed E-state index contributed by atoms with van der Waals surface area (Å²) in [5.41, 5.74) is 1.76. The Morgan fingerprint density at radius 2 is 2.20 bits per heavy atom. The fourth-order valence-corrected chi connectivity index (χ4v) is 1.94. The zero-order chi connectivity index (χ0) is 13.8. The number of H-pyrrole nitrogens is 1. The number of hydrogen-bond acceptors (Lipinski definition) is 6. The predicted molar refractivity (Wildman–Crippen MR) is 77.7 cm³/mol. The fourth-order valence-electron chi connectivity index (χ4n) is 1.94. The molecule has 0 atom stereocenters. The molecule has 0 bridgehead atoms. The zero-order valence-corrected chi connectivity index (χ0v) is 11.1. The van der Waals surface area contributed by atoms with Crippen LogP contribution >= 0.6 is 0 Å². The summed E-state index contributed by atoms with van der Waals surface area (Å²) in [6, 6.07) is 5.91. The second-order valence-corrected chi connectivity index (χ2v) is 4.28. The van der Waals surface area contributed by atoms with Crippen LogP contribution in [0.25, 0.3) is 11.0 Å². The Balaban J connectivity index is 1.75. The van der Waals surface area contributed by atoms with Crippen LogP contribution in [0.4, 0.5) is 11.8 Å². The van der Waals surface area contributed by atoms with E-state index in [4.69, 9.17) is 0 Å².